The lowest BCUT2D eigenvalue weighted by atomic mass is 10.2. The Kier molecular flexibility index (Phi) is 6.35. The van der Waals surface area contributed by atoms with Gasteiger partial charge in [0.05, 0.1) is 25.5 Å². The smallest absolute Gasteiger partial charge is 0.319 e. The highest BCUT2D eigenvalue weighted by Crippen LogP contribution is 2.28. The number of pyridine rings is 2. The molecule has 33 heavy (non-hydrogen) atoms. The van der Waals surface area contributed by atoms with E-state index in [0.717, 1.165) is 5.56 Å². The number of ether oxygens (including phenoxy) is 2. The first-order valence-electron chi connectivity index (χ1n) is 10.0. The number of aromatic nitrogens is 4. The van der Waals surface area contributed by atoms with Gasteiger partial charge in [-0.25, -0.2) is 14.5 Å². The summed E-state index contributed by atoms with van der Waals surface area (Å²) in [5.74, 6) is 1.50. The zero-order chi connectivity index (χ0) is 23.2. The Labute approximate surface area is 189 Å². The number of hydrogen-bond donors (Lipinski definition) is 3. The van der Waals surface area contributed by atoms with Crippen LogP contribution in [0.4, 0.5) is 10.5 Å². The number of urea groups is 1. The molecule has 0 bridgehead atoms. The maximum absolute atomic E-state index is 12.8. The molecule has 0 saturated carbocycles. The van der Waals surface area contributed by atoms with Crippen LogP contribution in [0.5, 0.6) is 11.5 Å². The fraction of sp³-hybridized carbons (Fsp3) is 0.130. The van der Waals surface area contributed by atoms with Crippen LogP contribution in [-0.2, 0) is 6.54 Å². The molecule has 1 aromatic carbocycles. The summed E-state index contributed by atoms with van der Waals surface area (Å²) in [6.45, 7) is 0.221. The van der Waals surface area contributed by atoms with Crippen molar-refractivity contribution in [2.24, 2.45) is 0 Å². The minimum Gasteiger partial charge on any atom is -0.497 e. The van der Waals surface area contributed by atoms with Crippen LogP contribution in [-0.4, -0.2) is 40.0 Å². The Bertz CT molecular complexity index is 1320. The first kappa shape index (κ1) is 21.6. The van der Waals surface area contributed by atoms with Gasteiger partial charge in [-0.3, -0.25) is 14.9 Å². The molecule has 0 atom stereocenters. The predicted molar refractivity (Wildman–Crippen MR) is 123 cm³/mol. The number of nitrogens with zero attached hydrogens (tertiary/aromatic N) is 3. The highest BCUT2D eigenvalue weighted by atomic mass is 16.5. The third-order valence-electron chi connectivity index (χ3n) is 4.89. The lowest BCUT2D eigenvalue weighted by Crippen LogP contribution is -2.28. The topological polar surface area (TPSA) is 123 Å². The van der Waals surface area contributed by atoms with Gasteiger partial charge in [0.15, 0.2) is 5.82 Å². The summed E-state index contributed by atoms with van der Waals surface area (Å²) in [5, 5.41) is 8.45. The molecule has 4 rings (SSSR count). The van der Waals surface area contributed by atoms with Crippen molar-refractivity contribution in [3.05, 3.63) is 83.2 Å². The van der Waals surface area contributed by atoms with Crippen molar-refractivity contribution in [1.82, 2.24) is 25.1 Å². The number of rotatable bonds is 7. The third-order valence-corrected chi connectivity index (χ3v) is 4.89. The van der Waals surface area contributed by atoms with Crippen LogP contribution >= 0.6 is 0 Å². The molecule has 3 N–H and O–H groups in total. The van der Waals surface area contributed by atoms with Crippen molar-refractivity contribution in [2.75, 3.05) is 19.5 Å². The minimum atomic E-state index is -0.421. The molecule has 0 aliphatic rings. The molecule has 10 heteroatoms. The van der Waals surface area contributed by atoms with E-state index in [0.29, 0.717) is 34.1 Å². The van der Waals surface area contributed by atoms with Crippen LogP contribution in [0.3, 0.4) is 0 Å². The van der Waals surface area contributed by atoms with Crippen LogP contribution in [0.25, 0.3) is 16.9 Å². The standard InChI is InChI=1S/C23H22N6O4/c1-32-17-5-6-20(33-2)19(11-17)28-23(31)26-12-15-7-9-25-21(10-15)29-22(30)18(14-27-29)16-4-3-8-24-13-16/h3-11,13-14,27H,12H2,1-2H3,(H2,26,28,31). The van der Waals surface area contributed by atoms with E-state index in [-0.39, 0.29) is 12.1 Å². The SMILES string of the molecule is COc1ccc(OC)c(NC(=O)NCc2ccnc(-n3[nH]cc(-c4cccnc4)c3=O)c2)c1. The van der Waals surface area contributed by atoms with Gasteiger partial charge in [0.1, 0.15) is 11.5 Å². The van der Waals surface area contributed by atoms with Crippen molar-refractivity contribution < 1.29 is 14.3 Å². The number of nitrogens with one attached hydrogen (secondary N) is 3. The second kappa shape index (κ2) is 9.69. The van der Waals surface area contributed by atoms with Gasteiger partial charge in [-0.2, -0.15) is 0 Å². The Morgan fingerprint density at radius 1 is 1.12 bits per heavy atom. The maximum atomic E-state index is 12.8. The van der Waals surface area contributed by atoms with Crippen LogP contribution in [0.1, 0.15) is 5.56 Å². The molecule has 0 radical (unpaired) electrons. The fourth-order valence-corrected chi connectivity index (χ4v) is 3.22. The van der Waals surface area contributed by atoms with Crippen LogP contribution in [0.15, 0.2) is 72.0 Å². The van der Waals surface area contributed by atoms with Gasteiger partial charge < -0.3 is 20.1 Å². The van der Waals surface area contributed by atoms with E-state index in [1.807, 2.05) is 6.07 Å². The van der Waals surface area contributed by atoms with Gasteiger partial charge >= 0.3 is 6.03 Å². The third kappa shape index (κ3) is 4.85. The molecule has 0 fully saturated rings. The number of amides is 2. The van der Waals surface area contributed by atoms with Gasteiger partial charge in [0, 0.05) is 43.0 Å². The molecule has 2 amide bonds. The van der Waals surface area contributed by atoms with E-state index < -0.39 is 6.03 Å². The van der Waals surface area contributed by atoms with Crippen molar-refractivity contribution in [2.45, 2.75) is 6.54 Å². The zero-order valence-corrected chi connectivity index (χ0v) is 18.0. The monoisotopic (exact) mass is 446 g/mol. The number of carbonyl (C=O) groups is 1. The first-order chi connectivity index (χ1) is 16.1. The van der Waals surface area contributed by atoms with E-state index >= 15 is 0 Å². The number of anilines is 1. The Morgan fingerprint density at radius 2 is 2.00 bits per heavy atom. The Hall–Kier alpha value is -4.60. The van der Waals surface area contributed by atoms with Crippen LogP contribution in [0.2, 0.25) is 0 Å². The largest absolute Gasteiger partial charge is 0.497 e. The number of benzene rings is 1. The number of hydrogen-bond acceptors (Lipinski definition) is 6. The van der Waals surface area contributed by atoms with Gasteiger partial charge in [-0.05, 0) is 35.9 Å². The average molecular weight is 446 g/mol. The molecule has 3 aromatic heterocycles. The fourth-order valence-electron chi connectivity index (χ4n) is 3.22. The van der Waals surface area contributed by atoms with E-state index in [1.165, 1.54) is 11.8 Å². The van der Waals surface area contributed by atoms with Crippen LogP contribution < -0.4 is 25.7 Å². The van der Waals surface area contributed by atoms with E-state index in [4.69, 9.17) is 9.47 Å². The number of H-pyrrole nitrogens is 1. The lowest BCUT2D eigenvalue weighted by Gasteiger charge is -2.12. The highest BCUT2D eigenvalue weighted by Gasteiger charge is 2.12. The summed E-state index contributed by atoms with van der Waals surface area (Å²) in [6.07, 6.45) is 6.46. The molecule has 0 aliphatic heterocycles. The molecule has 0 saturated heterocycles. The quantitative estimate of drug-likeness (QED) is 0.401. The number of methoxy groups -OCH3 is 2. The first-order valence-corrected chi connectivity index (χ1v) is 10.0. The Morgan fingerprint density at radius 3 is 2.76 bits per heavy atom. The summed E-state index contributed by atoms with van der Waals surface area (Å²) in [5.41, 5.74) is 2.19. The second-order valence-electron chi connectivity index (χ2n) is 6.97. The van der Waals surface area contributed by atoms with Crippen molar-refractivity contribution in [3.8, 4) is 28.4 Å². The van der Waals surface area contributed by atoms with Crippen molar-refractivity contribution in [1.29, 1.82) is 0 Å². The maximum Gasteiger partial charge on any atom is 0.319 e. The van der Waals surface area contributed by atoms with Gasteiger partial charge in [0.25, 0.3) is 5.56 Å². The predicted octanol–water partition coefficient (Wildman–Crippen LogP) is 2.96. The van der Waals surface area contributed by atoms with Crippen molar-refractivity contribution in [3.63, 3.8) is 0 Å². The van der Waals surface area contributed by atoms with E-state index in [1.54, 1.807) is 68.3 Å². The molecule has 168 valence electrons. The summed E-state index contributed by atoms with van der Waals surface area (Å²) in [4.78, 5) is 33.6. The van der Waals surface area contributed by atoms with Gasteiger partial charge in [-0.1, -0.05) is 6.07 Å². The molecule has 0 aliphatic carbocycles. The normalized spacial score (nSPS) is 10.5. The molecule has 0 spiro atoms. The molecule has 10 nitrogen and oxygen atoms in total. The minimum absolute atomic E-state index is 0.221. The van der Waals surface area contributed by atoms with Crippen LogP contribution in [0, 0.1) is 0 Å². The highest BCUT2D eigenvalue weighted by molar-refractivity contribution is 5.91. The summed E-state index contributed by atoms with van der Waals surface area (Å²) in [6, 6.07) is 11.7. The molecule has 0 unspecified atom stereocenters. The molecule has 4 aromatic rings. The number of aromatic amines is 1. The average Bonchev–Trinajstić information content (AvgIpc) is 3.24. The molecule has 3 heterocycles. The second-order valence-corrected chi connectivity index (χ2v) is 6.97. The number of carbonyl (C=O) groups excluding carboxylic acids is 1. The van der Waals surface area contributed by atoms with Gasteiger partial charge in [0.2, 0.25) is 0 Å². The van der Waals surface area contributed by atoms with Crippen molar-refractivity contribution >= 4 is 11.7 Å². The van der Waals surface area contributed by atoms with Gasteiger partial charge in [-0.15, -0.1) is 0 Å². The van der Waals surface area contributed by atoms with E-state index in [9.17, 15) is 9.59 Å². The Balaban J connectivity index is 1.46. The summed E-state index contributed by atoms with van der Waals surface area (Å²) < 4.78 is 11.8. The summed E-state index contributed by atoms with van der Waals surface area (Å²) in [7, 11) is 3.06. The van der Waals surface area contributed by atoms with E-state index in [2.05, 4.69) is 25.7 Å². The summed E-state index contributed by atoms with van der Waals surface area (Å²) >= 11 is 0. The molecular formula is C23H22N6O4. The molecular weight excluding hydrogens is 424 g/mol. The lowest BCUT2D eigenvalue weighted by molar-refractivity contribution is 0.251. The zero-order valence-electron chi connectivity index (χ0n) is 18.0.